The van der Waals surface area contributed by atoms with Gasteiger partial charge in [-0.1, -0.05) is 18.2 Å². The standard InChI is InChI=1S/C10H8N4O/c11-7-6-10(15,8-12)14-13-9-4-2-1-3-5-9/h1-5,15H,6H2/b14-13+. The Labute approximate surface area is 86.9 Å². The van der Waals surface area contributed by atoms with E-state index in [2.05, 4.69) is 10.2 Å². The van der Waals surface area contributed by atoms with Gasteiger partial charge in [0.15, 0.2) is 0 Å². The Bertz CT molecular complexity index is 429. The Kier molecular flexibility index (Phi) is 3.50. The summed E-state index contributed by atoms with van der Waals surface area (Å²) in [5, 5.41) is 33.5. The molecule has 0 aliphatic carbocycles. The molecular formula is C10H8N4O. The number of rotatable bonds is 3. The van der Waals surface area contributed by atoms with E-state index in [1.54, 1.807) is 30.3 Å². The lowest BCUT2D eigenvalue weighted by atomic mass is 10.2. The quantitative estimate of drug-likeness (QED) is 0.596. The van der Waals surface area contributed by atoms with Crippen molar-refractivity contribution in [2.75, 3.05) is 0 Å². The number of hydrogen-bond acceptors (Lipinski definition) is 5. The molecule has 0 fully saturated rings. The first-order valence-electron chi connectivity index (χ1n) is 4.19. The van der Waals surface area contributed by atoms with Crippen LogP contribution >= 0.6 is 0 Å². The van der Waals surface area contributed by atoms with Gasteiger partial charge in [0.2, 0.25) is 0 Å². The minimum absolute atomic E-state index is 0.403. The fraction of sp³-hybridized carbons (Fsp3) is 0.200. The highest BCUT2D eigenvalue weighted by Crippen LogP contribution is 2.16. The van der Waals surface area contributed by atoms with Crippen molar-refractivity contribution in [3.63, 3.8) is 0 Å². The second kappa shape index (κ2) is 4.85. The lowest BCUT2D eigenvalue weighted by molar-refractivity contribution is 0.107. The van der Waals surface area contributed by atoms with E-state index in [1.165, 1.54) is 6.07 Å². The molecule has 1 atom stereocenters. The molecule has 1 unspecified atom stereocenters. The van der Waals surface area contributed by atoms with Gasteiger partial charge < -0.3 is 5.11 Å². The van der Waals surface area contributed by atoms with Crippen LogP contribution in [0.5, 0.6) is 0 Å². The number of benzene rings is 1. The van der Waals surface area contributed by atoms with Crippen molar-refractivity contribution in [2.45, 2.75) is 12.1 Å². The molecule has 1 aromatic rings. The van der Waals surface area contributed by atoms with E-state index in [-0.39, 0.29) is 0 Å². The van der Waals surface area contributed by atoms with Gasteiger partial charge in [0, 0.05) is 0 Å². The summed E-state index contributed by atoms with van der Waals surface area (Å²) in [6.45, 7) is 0. The first kappa shape index (κ1) is 10.8. The van der Waals surface area contributed by atoms with Crippen molar-refractivity contribution < 1.29 is 5.11 Å². The van der Waals surface area contributed by atoms with Crippen molar-refractivity contribution >= 4 is 5.69 Å². The van der Waals surface area contributed by atoms with Gasteiger partial charge in [-0.3, -0.25) is 0 Å². The Morgan fingerprint density at radius 3 is 2.47 bits per heavy atom. The molecule has 0 aliphatic rings. The lowest BCUT2D eigenvalue weighted by Crippen LogP contribution is -2.21. The average molecular weight is 200 g/mol. The summed E-state index contributed by atoms with van der Waals surface area (Å²) in [5.41, 5.74) is -1.53. The number of aliphatic hydroxyl groups is 1. The largest absolute Gasteiger partial charge is 0.356 e. The predicted molar refractivity (Wildman–Crippen MR) is 51.8 cm³/mol. The van der Waals surface area contributed by atoms with E-state index < -0.39 is 12.1 Å². The van der Waals surface area contributed by atoms with Crippen LogP contribution in [0.25, 0.3) is 0 Å². The van der Waals surface area contributed by atoms with E-state index in [4.69, 9.17) is 10.5 Å². The SMILES string of the molecule is N#CCC(O)(C#N)/N=N/c1ccccc1. The summed E-state index contributed by atoms with van der Waals surface area (Å²) in [6.07, 6.45) is -0.403. The highest BCUT2D eigenvalue weighted by molar-refractivity contribution is 5.34. The second-order valence-electron chi connectivity index (χ2n) is 2.80. The zero-order valence-electron chi connectivity index (χ0n) is 7.83. The summed E-state index contributed by atoms with van der Waals surface area (Å²) in [5.74, 6) is 0. The number of azo groups is 1. The molecule has 5 nitrogen and oxygen atoms in total. The number of nitrogens with zero attached hydrogens (tertiary/aromatic N) is 4. The molecule has 0 amide bonds. The minimum Gasteiger partial charge on any atom is -0.356 e. The summed E-state index contributed by atoms with van der Waals surface area (Å²) >= 11 is 0. The van der Waals surface area contributed by atoms with E-state index >= 15 is 0 Å². The Morgan fingerprint density at radius 1 is 1.27 bits per heavy atom. The van der Waals surface area contributed by atoms with Crippen molar-refractivity contribution in [3.05, 3.63) is 30.3 Å². The maximum Gasteiger partial charge on any atom is 0.277 e. The molecule has 1 aromatic carbocycles. The molecular weight excluding hydrogens is 192 g/mol. The summed E-state index contributed by atoms with van der Waals surface area (Å²) in [6, 6.07) is 11.9. The fourth-order valence-electron chi connectivity index (χ4n) is 0.843. The van der Waals surface area contributed by atoms with E-state index in [9.17, 15) is 5.11 Å². The Hall–Kier alpha value is -2.24. The fourth-order valence-corrected chi connectivity index (χ4v) is 0.843. The number of nitriles is 2. The van der Waals surface area contributed by atoms with Crippen LogP contribution in [0.2, 0.25) is 0 Å². The van der Waals surface area contributed by atoms with Gasteiger partial charge in [-0.2, -0.15) is 15.6 Å². The normalized spacial score (nSPS) is 14.1. The van der Waals surface area contributed by atoms with Crippen LogP contribution in [0.1, 0.15) is 6.42 Å². The predicted octanol–water partition coefficient (Wildman–Crippen LogP) is 1.90. The Balaban J connectivity index is 2.82. The van der Waals surface area contributed by atoms with Crippen molar-refractivity contribution in [2.24, 2.45) is 10.2 Å². The molecule has 0 aromatic heterocycles. The third-order valence-electron chi connectivity index (χ3n) is 1.59. The van der Waals surface area contributed by atoms with Gasteiger partial charge in [-0.25, -0.2) is 0 Å². The van der Waals surface area contributed by atoms with Crippen LogP contribution in [0.15, 0.2) is 40.6 Å². The molecule has 15 heavy (non-hydrogen) atoms. The third-order valence-corrected chi connectivity index (χ3v) is 1.59. The summed E-state index contributed by atoms with van der Waals surface area (Å²) in [7, 11) is 0. The molecule has 0 bridgehead atoms. The molecule has 0 radical (unpaired) electrons. The van der Waals surface area contributed by atoms with Gasteiger partial charge in [-0.15, -0.1) is 5.11 Å². The average Bonchev–Trinajstić information content (AvgIpc) is 2.28. The maximum absolute atomic E-state index is 9.44. The van der Waals surface area contributed by atoms with Gasteiger partial charge >= 0.3 is 0 Å². The molecule has 0 heterocycles. The lowest BCUT2D eigenvalue weighted by Gasteiger charge is -2.07. The smallest absolute Gasteiger partial charge is 0.277 e. The van der Waals surface area contributed by atoms with Gasteiger partial charge in [0.25, 0.3) is 5.72 Å². The van der Waals surface area contributed by atoms with E-state index in [0.29, 0.717) is 5.69 Å². The molecule has 0 aliphatic heterocycles. The topological polar surface area (TPSA) is 92.5 Å². The van der Waals surface area contributed by atoms with Crippen LogP contribution in [0, 0.1) is 22.7 Å². The summed E-state index contributed by atoms with van der Waals surface area (Å²) < 4.78 is 0. The minimum atomic E-state index is -2.05. The Morgan fingerprint density at radius 2 is 1.93 bits per heavy atom. The molecule has 0 spiro atoms. The van der Waals surface area contributed by atoms with Crippen molar-refractivity contribution in [1.82, 2.24) is 0 Å². The highest BCUT2D eigenvalue weighted by atomic mass is 16.3. The van der Waals surface area contributed by atoms with Crippen LogP contribution in [-0.2, 0) is 0 Å². The van der Waals surface area contributed by atoms with Gasteiger partial charge in [0.05, 0.1) is 11.8 Å². The molecule has 1 rings (SSSR count). The van der Waals surface area contributed by atoms with Gasteiger partial charge in [0.1, 0.15) is 12.5 Å². The summed E-state index contributed by atoms with van der Waals surface area (Å²) in [4.78, 5) is 0. The van der Waals surface area contributed by atoms with E-state index in [0.717, 1.165) is 0 Å². The monoisotopic (exact) mass is 200 g/mol. The number of hydrogen-bond donors (Lipinski definition) is 1. The van der Waals surface area contributed by atoms with Crippen molar-refractivity contribution in [3.8, 4) is 12.1 Å². The first-order chi connectivity index (χ1) is 7.20. The first-order valence-corrected chi connectivity index (χ1v) is 4.19. The molecule has 0 saturated carbocycles. The third kappa shape index (κ3) is 3.18. The van der Waals surface area contributed by atoms with Gasteiger partial charge in [-0.05, 0) is 12.1 Å². The van der Waals surface area contributed by atoms with E-state index in [1.807, 2.05) is 6.07 Å². The van der Waals surface area contributed by atoms with Crippen LogP contribution in [-0.4, -0.2) is 10.8 Å². The highest BCUT2D eigenvalue weighted by Gasteiger charge is 2.25. The van der Waals surface area contributed by atoms with Crippen molar-refractivity contribution in [1.29, 1.82) is 10.5 Å². The molecule has 74 valence electrons. The molecule has 0 saturated heterocycles. The maximum atomic E-state index is 9.44. The van der Waals surface area contributed by atoms with Crippen LogP contribution in [0.3, 0.4) is 0 Å². The molecule has 5 heteroatoms. The van der Waals surface area contributed by atoms with Crippen LogP contribution in [0.4, 0.5) is 5.69 Å². The zero-order valence-corrected chi connectivity index (χ0v) is 7.83. The zero-order chi connectivity index (χ0) is 11.1. The second-order valence-corrected chi connectivity index (χ2v) is 2.80. The van der Waals surface area contributed by atoms with Crippen LogP contribution < -0.4 is 0 Å². The molecule has 1 N–H and O–H groups in total.